The number of hydrogen-bond acceptors (Lipinski definition) is 5. The van der Waals surface area contributed by atoms with Crippen molar-refractivity contribution in [3.63, 3.8) is 0 Å². The molecule has 6 nitrogen and oxygen atoms in total. The SMILES string of the molecule is CCc1noc(C)c1Cn1c(NC[C@@H](C)O)nc2ccccc21. The van der Waals surface area contributed by atoms with E-state index in [1.54, 1.807) is 6.92 Å². The zero-order valence-corrected chi connectivity index (χ0v) is 13.7. The summed E-state index contributed by atoms with van der Waals surface area (Å²) in [5.41, 5.74) is 4.04. The average molecular weight is 314 g/mol. The number of fused-ring (bicyclic) bond motifs is 1. The summed E-state index contributed by atoms with van der Waals surface area (Å²) in [6, 6.07) is 8.01. The summed E-state index contributed by atoms with van der Waals surface area (Å²) in [5.74, 6) is 1.58. The van der Waals surface area contributed by atoms with E-state index in [1.165, 1.54) is 0 Å². The van der Waals surface area contributed by atoms with Crippen LogP contribution >= 0.6 is 0 Å². The van der Waals surface area contributed by atoms with E-state index in [0.717, 1.165) is 40.4 Å². The Labute approximate surface area is 135 Å². The van der Waals surface area contributed by atoms with Crippen LogP contribution in [0.25, 0.3) is 11.0 Å². The number of rotatable bonds is 6. The molecule has 6 heteroatoms. The summed E-state index contributed by atoms with van der Waals surface area (Å²) in [7, 11) is 0. The number of imidazole rings is 1. The van der Waals surface area contributed by atoms with Crippen molar-refractivity contribution in [2.24, 2.45) is 0 Å². The molecule has 0 unspecified atom stereocenters. The van der Waals surface area contributed by atoms with Crippen LogP contribution in [0.4, 0.5) is 5.95 Å². The van der Waals surface area contributed by atoms with Gasteiger partial charge in [-0.05, 0) is 32.4 Å². The minimum Gasteiger partial charge on any atom is -0.392 e. The van der Waals surface area contributed by atoms with Gasteiger partial charge in [-0.2, -0.15) is 0 Å². The monoisotopic (exact) mass is 314 g/mol. The Kier molecular flexibility index (Phi) is 4.34. The van der Waals surface area contributed by atoms with Crippen molar-refractivity contribution < 1.29 is 9.63 Å². The number of aryl methyl sites for hydroxylation is 2. The van der Waals surface area contributed by atoms with Gasteiger partial charge in [0.1, 0.15) is 5.76 Å². The van der Waals surface area contributed by atoms with Crippen LogP contribution in [-0.2, 0) is 13.0 Å². The van der Waals surface area contributed by atoms with Gasteiger partial charge in [0.25, 0.3) is 0 Å². The van der Waals surface area contributed by atoms with Gasteiger partial charge in [-0.1, -0.05) is 24.2 Å². The van der Waals surface area contributed by atoms with Gasteiger partial charge in [-0.25, -0.2) is 4.98 Å². The van der Waals surface area contributed by atoms with Gasteiger partial charge in [0.2, 0.25) is 5.95 Å². The lowest BCUT2D eigenvalue weighted by Gasteiger charge is -2.12. The first-order chi connectivity index (χ1) is 11.1. The fraction of sp³-hybridized carbons (Fsp3) is 0.412. The molecule has 0 fully saturated rings. The van der Waals surface area contributed by atoms with E-state index >= 15 is 0 Å². The number of aromatic nitrogens is 3. The van der Waals surface area contributed by atoms with Gasteiger partial charge in [0, 0.05) is 12.1 Å². The van der Waals surface area contributed by atoms with Crippen molar-refractivity contribution in [3.05, 3.63) is 41.3 Å². The molecule has 0 aliphatic carbocycles. The molecular formula is C17H22N4O2. The highest BCUT2D eigenvalue weighted by Gasteiger charge is 2.16. The first-order valence-corrected chi connectivity index (χ1v) is 7.91. The summed E-state index contributed by atoms with van der Waals surface area (Å²) in [6.07, 6.45) is 0.391. The second kappa shape index (κ2) is 6.42. The molecule has 3 aromatic rings. The molecule has 0 aliphatic rings. The van der Waals surface area contributed by atoms with E-state index in [4.69, 9.17) is 4.52 Å². The predicted molar refractivity (Wildman–Crippen MR) is 89.6 cm³/mol. The van der Waals surface area contributed by atoms with Crippen LogP contribution in [0.2, 0.25) is 0 Å². The minimum absolute atomic E-state index is 0.438. The number of benzene rings is 1. The van der Waals surface area contributed by atoms with Gasteiger partial charge in [-0.3, -0.25) is 0 Å². The second-order valence-electron chi connectivity index (χ2n) is 5.76. The number of anilines is 1. The number of nitrogens with one attached hydrogen (secondary N) is 1. The first-order valence-electron chi connectivity index (χ1n) is 7.91. The topological polar surface area (TPSA) is 76.1 Å². The summed E-state index contributed by atoms with van der Waals surface area (Å²) >= 11 is 0. The molecule has 0 amide bonds. The van der Waals surface area contributed by atoms with E-state index in [1.807, 2.05) is 31.2 Å². The number of hydrogen-bond donors (Lipinski definition) is 2. The van der Waals surface area contributed by atoms with E-state index in [9.17, 15) is 5.11 Å². The van der Waals surface area contributed by atoms with Crippen molar-refractivity contribution in [3.8, 4) is 0 Å². The summed E-state index contributed by atoms with van der Waals surface area (Å²) < 4.78 is 7.45. The minimum atomic E-state index is -0.438. The van der Waals surface area contributed by atoms with E-state index in [2.05, 4.69) is 26.9 Å². The summed E-state index contributed by atoms with van der Waals surface area (Å²) in [6.45, 7) is 6.84. The fourth-order valence-corrected chi connectivity index (χ4v) is 2.69. The van der Waals surface area contributed by atoms with Crippen LogP contribution in [-0.4, -0.2) is 32.5 Å². The Hall–Kier alpha value is -2.34. The van der Waals surface area contributed by atoms with E-state index in [0.29, 0.717) is 13.1 Å². The Bertz CT molecular complexity index is 804. The molecule has 1 atom stereocenters. The molecular weight excluding hydrogens is 292 g/mol. The van der Waals surface area contributed by atoms with Crippen molar-refractivity contribution in [2.75, 3.05) is 11.9 Å². The van der Waals surface area contributed by atoms with Crippen molar-refractivity contribution in [1.29, 1.82) is 0 Å². The normalized spacial score (nSPS) is 12.7. The highest BCUT2D eigenvalue weighted by molar-refractivity contribution is 5.78. The van der Waals surface area contributed by atoms with Crippen LogP contribution in [0.15, 0.2) is 28.8 Å². The maximum absolute atomic E-state index is 9.54. The van der Waals surface area contributed by atoms with Crippen molar-refractivity contribution in [2.45, 2.75) is 39.8 Å². The third kappa shape index (κ3) is 3.07. The highest BCUT2D eigenvalue weighted by Crippen LogP contribution is 2.24. The number of aliphatic hydroxyl groups is 1. The molecule has 2 aromatic heterocycles. The fourth-order valence-electron chi connectivity index (χ4n) is 2.69. The van der Waals surface area contributed by atoms with Gasteiger partial charge in [-0.15, -0.1) is 0 Å². The standard InChI is InChI=1S/C17H22N4O2/c1-4-14-13(12(3)23-20-14)10-21-16-8-6-5-7-15(16)19-17(21)18-9-11(2)22/h5-8,11,22H,4,9-10H2,1-3H3,(H,18,19)/t11-/m1/s1. The molecule has 3 rings (SSSR count). The molecule has 0 saturated heterocycles. The quantitative estimate of drug-likeness (QED) is 0.731. The van der Waals surface area contributed by atoms with Gasteiger partial charge >= 0.3 is 0 Å². The van der Waals surface area contributed by atoms with Gasteiger partial charge in [0.05, 0.1) is 29.4 Å². The maximum Gasteiger partial charge on any atom is 0.204 e. The number of nitrogens with zero attached hydrogens (tertiary/aromatic N) is 3. The number of aliphatic hydroxyl groups excluding tert-OH is 1. The van der Waals surface area contributed by atoms with Crippen LogP contribution in [0.1, 0.15) is 30.9 Å². The molecule has 0 radical (unpaired) electrons. The van der Waals surface area contributed by atoms with Crippen molar-refractivity contribution in [1.82, 2.24) is 14.7 Å². The largest absolute Gasteiger partial charge is 0.392 e. The third-order valence-electron chi connectivity index (χ3n) is 3.93. The van der Waals surface area contributed by atoms with Crippen molar-refractivity contribution >= 4 is 17.0 Å². The Morgan fingerprint density at radius 1 is 1.35 bits per heavy atom. The van der Waals surface area contributed by atoms with E-state index in [-0.39, 0.29) is 0 Å². The zero-order chi connectivity index (χ0) is 16.4. The third-order valence-corrected chi connectivity index (χ3v) is 3.93. The molecule has 2 heterocycles. The molecule has 2 N–H and O–H groups in total. The molecule has 0 bridgehead atoms. The average Bonchev–Trinajstić information content (AvgIpc) is 3.07. The molecule has 1 aromatic carbocycles. The van der Waals surface area contributed by atoms with Gasteiger partial charge < -0.3 is 19.5 Å². The van der Waals surface area contributed by atoms with Crippen LogP contribution < -0.4 is 5.32 Å². The summed E-state index contributed by atoms with van der Waals surface area (Å²) in [5, 5.41) is 16.9. The highest BCUT2D eigenvalue weighted by atomic mass is 16.5. The lowest BCUT2D eigenvalue weighted by Crippen LogP contribution is -2.18. The molecule has 23 heavy (non-hydrogen) atoms. The smallest absolute Gasteiger partial charge is 0.204 e. The molecule has 0 saturated carbocycles. The van der Waals surface area contributed by atoms with Crippen LogP contribution in [0.5, 0.6) is 0 Å². The number of para-hydroxylation sites is 2. The van der Waals surface area contributed by atoms with Gasteiger partial charge in [0.15, 0.2) is 0 Å². The molecule has 0 spiro atoms. The summed E-state index contributed by atoms with van der Waals surface area (Å²) in [4.78, 5) is 4.64. The van der Waals surface area contributed by atoms with Crippen LogP contribution in [0, 0.1) is 6.92 Å². The maximum atomic E-state index is 9.54. The Balaban J connectivity index is 2.03. The lowest BCUT2D eigenvalue weighted by atomic mass is 10.1. The molecule has 122 valence electrons. The second-order valence-corrected chi connectivity index (χ2v) is 5.76. The zero-order valence-electron chi connectivity index (χ0n) is 13.7. The lowest BCUT2D eigenvalue weighted by molar-refractivity contribution is 0.208. The Morgan fingerprint density at radius 2 is 2.13 bits per heavy atom. The first kappa shape index (κ1) is 15.6. The molecule has 0 aliphatic heterocycles. The van der Waals surface area contributed by atoms with Crippen LogP contribution in [0.3, 0.4) is 0 Å². The predicted octanol–water partition coefficient (Wildman–Crippen LogP) is 2.74. The Morgan fingerprint density at radius 3 is 2.87 bits per heavy atom. The van der Waals surface area contributed by atoms with E-state index < -0.39 is 6.10 Å².